The van der Waals surface area contributed by atoms with Crippen LogP contribution in [0, 0.1) is 17.9 Å². The molecular formula is C13H14NO. The van der Waals surface area contributed by atoms with E-state index in [0.717, 1.165) is 38.4 Å². The van der Waals surface area contributed by atoms with Crippen molar-refractivity contribution in [2.45, 2.75) is 0 Å². The van der Waals surface area contributed by atoms with E-state index in [-0.39, 0.29) is 0 Å². The molecule has 15 heavy (non-hydrogen) atoms. The van der Waals surface area contributed by atoms with Gasteiger partial charge >= 0.3 is 0 Å². The quantitative estimate of drug-likeness (QED) is 0.631. The van der Waals surface area contributed by atoms with E-state index < -0.39 is 0 Å². The molecule has 1 fully saturated rings. The van der Waals surface area contributed by atoms with Crippen molar-refractivity contribution in [1.82, 2.24) is 4.90 Å². The van der Waals surface area contributed by atoms with Gasteiger partial charge in [-0.1, -0.05) is 24.0 Å². The fraction of sp³-hybridized carbons (Fsp3) is 0.385. The summed E-state index contributed by atoms with van der Waals surface area (Å²) >= 11 is 0. The number of ether oxygens (including phenoxy) is 1. The lowest BCUT2D eigenvalue weighted by Gasteiger charge is -2.24. The fourth-order valence-electron chi connectivity index (χ4n) is 1.48. The van der Waals surface area contributed by atoms with E-state index in [2.05, 4.69) is 22.8 Å². The third-order valence-electron chi connectivity index (χ3n) is 2.35. The highest BCUT2D eigenvalue weighted by Crippen LogP contribution is 1.96. The van der Waals surface area contributed by atoms with Crippen LogP contribution in [0.3, 0.4) is 0 Å². The molecule has 0 spiro atoms. The molecule has 2 rings (SSSR count). The molecule has 0 unspecified atom stereocenters. The van der Waals surface area contributed by atoms with Crippen LogP contribution >= 0.6 is 0 Å². The second-order valence-electron chi connectivity index (χ2n) is 3.48. The Kier molecular flexibility index (Phi) is 3.78. The highest BCUT2D eigenvalue weighted by atomic mass is 16.5. The van der Waals surface area contributed by atoms with Gasteiger partial charge in [0.15, 0.2) is 0 Å². The Hall–Kier alpha value is -1.30. The summed E-state index contributed by atoms with van der Waals surface area (Å²) in [6.07, 6.45) is 0. The summed E-state index contributed by atoms with van der Waals surface area (Å²) in [6, 6.07) is 10.8. The van der Waals surface area contributed by atoms with E-state index in [9.17, 15) is 0 Å². The zero-order chi connectivity index (χ0) is 10.3. The summed E-state index contributed by atoms with van der Waals surface area (Å²) in [5.74, 6) is 6.30. The number of hydrogen-bond donors (Lipinski definition) is 0. The van der Waals surface area contributed by atoms with Gasteiger partial charge < -0.3 is 4.74 Å². The van der Waals surface area contributed by atoms with Crippen molar-refractivity contribution in [3.05, 3.63) is 35.9 Å². The average Bonchev–Trinajstić information content (AvgIpc) is 2.32. The van der Waals surface area contributed by atoms with Crippen molar-refractivity contribution in [2.24, 2.45) is 0 Å². The van der Waals surface area contributed by atoms with Crippen LogP contribution in [0.2, 0.25) is 0 Å². The lowest BCUT2D eigenvalue weighted by Crippen LogP contribution is -2.36. The molecule has 0 aliphatic carbocycles. The first-order valence-corrected chi connectivity index (χ1v) is 5.20. The highest BCUT2D eigenvalue weighted by Gasteiger charge is 2.07. The van der Waals surface area contributed by atoms with E-state index in [1.807, 2.05) is 24.3 Å². The first-order chi connectivity index (χ1) is 7.45. The second kappa shape index (κ2) is 5.55. The van der Waals surface area contributed by atoms with Crippen LogP contribution in [-0.2, 0) is 4.74 Å². The van der Waals surface area contributed by atoms with Crippen LogP contribution in [-0.4, -0.2) is 37.7 Å². The molecule has 1 heterocycles. The van der Waals surface area contributed by atoms with Crippen molar-refractivity contribution in [2.75, 3.05) is 32.8 Å². The van der Waals surface area contributed by atoms with Crippen LogP contribution in [0.4, 0.5) is 0 Å². The van der Waals surface area contributed by atoms with Crippen LogP contribution in [0.5, 0.6) is 0 Å². The minimum Gasteiger partial charge on any atom is -0.379 e. The number of benzene rings is 1. The first kappa shape index (κ1) is 10.2. The van der Waals surface area contributed by atoms with Crippen LogP contribution < -0.4 is 0 Å². The Morgan fingerprint density at radius 3 is 3.00 bits per heavy atom. The number of hydrogen-bond acceptors (Lipinski definition) is 2. The van der Waals surface area contributed by atoms with E-state index in [1.54, 1.807) is 0 Å². The summed E-state index contributed by atoms with van der Waals surface area (Å²) in [4.78, 5) is 2.31. The predicted molar refractivity (Wildman–Crippen MR) is 59.4 cm³/mol. The van der Waals surface area contributed by atoms with Gasteiger partial charge in [0.05, 0.1) is 19.8 Å². The van der Waals surface area contributed by atoms with Crippen molar-refractivity contribution >= 4 is 0 Å². The minimum absolute atomic E-state index is 0.832. The maximum Gasteiger partial charge on any atom is 0.0606 e. The largest absolute Gasteiger partial charge is 0.379 e. The van der Waals surface area contributed by atoms with Crippen molar-refractivity contribution in [3.8, 4) is 11.8 Å². The lowest BCUT2D eigenvalue weighted by molar-refractivity contribution is 0.0443. The van der Waals surface area contributed by atoms with Gasteiger partial charge in [-0.2, -0.15) is 0 Å². The topological polar surface area (TPSA) is 12.5 Å². The van der Waals surface area contributed by atoms with Gasteiger partial charge in [0.25, 0.3) is 0 Å². The van der Waals surface area contributed by atoms with Gasteiger partial charge in [0, 0.05) is 18.7 Å². The fourth-order valence-corrected chi connectivity index (χ4v) is 1.48. The molecule has 1 saturated heterocycles. The average molecular weight is 200 g/mol. The Labute approximate surface area is 90.9 Å². The van der Waals surface area contributed by atoms with Gasteiger partial charge in [-0.05, 0) is 18.2 Å². The van der Waals surface area contributed by atoms with E-state index in [4.69, 9.17) is 4.74 Å². The summed E-state index contributed by atoms with van der Waals surface area (Å²) in [6.45, 7) is 4.49. The Bertz CT molecular complexity index is 344. The molecule has 0 atom stereocenters. The molecule has 0 aromatic heterocycles. The highest BCUT2D eigenvalue weighted by molar-refractivity contribution is 5.33. The molecule has 1 aliphatic rings. The second-order valence-corrected chi connectivity index (χ2v) is 3.48. The summed E-state index contributed by atoms with van der Waals surface area (Å²) < 4.78 is 5.27. The van der Waals surface area contributed by atoms with Gasteiger partial charge in [-0.15, -0.1) is 0 Å². The predicted octanol–water partition coefficient (Wildman–Crippen LogP) is 1.17. The van der Waals surface area contributed by atoms with E-state index in [0.29, 0.717) is 0 Å². The molecular weight excluding hydrogens is 186 g/mol. The summed E-state index contributed by atoms with van der Waals surface area (Å²) in [5.41, 5.74) is 1.03. The zero-order valence-electron chi connectivity index (χ0n) is 8.70. The first-order valence-electron chi connectivity index (χ1n) is 5.20. The number of rotatable bonds is 1. The molecule has 1 aliphatic heterocycles. The van der Waals surface area contributed by atoms with Crippen LogP contribution in [0.1, 0.15) is 5.56 Å². The monoisotopic (exact) mass is 200 g/mol. The van der Waals surface area contributed by atoms with Crippen molar-refractivity contribution < 1.29 is 4.74 Å². The van der Waals surface area contributed by atoms with E-state index >= 15 is 0 Å². The summed E-state index contributed by atoms with van der Waals surface area (Å²) in [7, 11) is 0. The Balaban J connectivity index is 1.84. The van der Waals surface area contributed by atoms with Gasteiger partial charge in [-0.25, -0.2) is 0 Å². The normalized spacial score (nSPS) is 16.8. The molecule has 1 aromatic carbocycles. The molecule has 1 aromatic rings. The SMILES string of the molecule is C(#Cc1c[c]ccc1)CN1CCOCC1. The molecule has 0 saturated carbocycles. The smallest absolute Gasteiger partial charge is 0.0606 e. The maximum absolute atomic E-state index is 5.27. The van der Waals surface area contributed by atoms with Crippen molar-refractivity contribution in [1.29, 1.82) is 0 Å². The van der Waals surface area contributed by atoms with Crippen LogP contribution in [0.15, 0.2) is 24.3 Å². The molecule has 0 bridgehead atoms. The molecule has 1 radical (unpaired) electrons. The molecule has 2 heteroatoms. The zero-order valence-corrected chi connectivity index (χ0v) is 8.70. The Morgan fingerprint density at radius 1 is 1.40 bits per heavy atom. The number of morpholine rings is 1. The van der Waals surface area contributed by atoms with Gasteiger partial charge in [0.1, 0.15) is 0 Å². The Morgan fingerprint density at radius 2 is 2.27 bits per heavy atom. The third-order valence-corrected chi connectivity index (χ3v) is 2.35. The maximum atomic E-state index is 5.27. The third kappa shape index (κ3) is 3.39. The molecule has 0 N–H and O–H groups in total. The molecule has 2 nitrogen and oxygen atoms in total. The standard InChI is InChI=1S/C13H14NO/c1-2-5-13(6-3-1)7-4-8-14-9-11-15-12-10-14/h1-2,5-6H,8-12H2. The number of nitrogens with zero attached hydrogens (tertiary/aromatic N) is 1. The van der Waals surface area contributed by atoms with Gasteiger partial charge in [0.2, 0.25) is 0 Å². The minimum atomic E-state index is 0.832. The van der Waals surface area contributed by atoms with Crippen LogP contribution in [0.25, 0.3) is 0 Å². The molecule has 77 valence electrons. The summed E-state index contributed by atoms with van der Waals surface area (Å²) in [5, 5.41) is 0. The van der Waals surface area contributed by atoms with Gasteiger partial charge in [-0.3, -0.25) is 4.90 Å². The van der Waals surface area contributed by atoms with E-state index in [1.165, 1.54) is 0 Å². The molecule has 0 amide bonds. The lowest BCUT2D eigenvalue weighted by atomic mass is 10.2. The van der Waals surface area contributed by atoms with Crippen molar-refractivity contribution in [3.63, 3.8) is 0 Å².